The van der Waals surface area contributed by atoms with Gasteiger partial charge in [-0.3, -0.25) is 15.0 Å². The summed E-state index contributed by atoms with van der Waals surface area (Å²) >= 11 is 0. The molecule has 0 saturated carbocycles. The average Bonchev–Trinajstić information content (AvgIpc) is 2.01. The summed E-state index contributed by atoms with van der Waals surface area (Å²) in [6.07, 6.45) is -0.0157. The lowest BCUT2D eigenvalue weighted by Crippen LogP contribution is -2.43. The molecule has 1 atom stereocenters. The van der Waals surface area contributed by atoms with Crippen molar-refractivity contribution in [2.75, 3.05) is 14.1 Å². The number of hydrogen-bond acceptors (Lipinski definition) is 3. The molecular weight excluding hydrogens is 196 g/mol. The normalized spacial score (nSPS) is 15.1. The predicted octanol–water partition coefficient (Wildman–Crippen LogP) is 0.716. The summed E-state index contributed by atoms with van der Waals surface area (Å²) in [7, 11) is 3.37. The van der Waals surface area contributed by atoms with E-state index in [1.165, 1.54) is 5.01 Å². The summed E-state index contributed by atoms with van der Waals surface area (Å²) in [5.41, 5.74) is 1.53. The minimum absolute atomic E-state index is 0.0157. The van der Waals surface area contributed by atoms with E-state index in [0.717, 1.165) is 0 Å². The molecule has 15 heavy (non-hydrogen) atoms. The Balaban J connectivity index is 4.57. The van der Waals surface area contributed by atoms with E-state index in [1.807, 2.05) is 0 Å². The van der Waals surface area contributed by atoms with Crippen LogP contribution in [0.2, 0.25) is 0 Å². The standard InChI is InChI=1S/C10H20N2O3/c1-7(2)10(3,9(14)15)6-8(13)11-12(4)5/h7H,6H2,1-5H3,(H,11,13)(H,14,15). The molecule has 0 aliphatic rings. The third-order valence-electron chi connectivity index (χ3n) is 2.64. The van der Waals surface area contributed by atoms with Gasteiger partial charge in [0.25, 0.3) is 0 Å². The molecule has 0 radical (unpaired) electrons. The van der Waals surface area contributed by atoms with Crippen molar-refractivity contribution in [2.45, 2.75) is 27.2 Å². The molecule has 5 nitrogen and oxygen atoms in total. The number of amides is 1. The first kappa shape index (κ1) is 13.9. The van der Waals surface area contributed by atoms with E-state index in [1.54, 1.807) is 34.9 Å². The first-order valence-corrected chi connectivity index (χ1v) is 4.90. The molecule has 1 unspecified atom stereocenters. The molecule has 0 spiro atoms. The predicted molar refractivity (Wildman–Crippen MR) is 57.0 cm³/mol. The first-order valence-electron chi connectivity index (χ1n) is 4.90. The van der Waals surface area contributed by atoms with Crippen LogP contribution in [0.3, 0.4) is 0 Å². The number of carboxylic acids is 1. The second kappa shape index (κ2) is 5.11. The van der Waals surface area contributed by atoms with Gasteiger partial charge in [-0.1, -0.05) is 13.8 Å². The van der Waals surface area contributed by atoms with Crippen molar-refractivity contribution < 1.29 is 14.7 Å². The Morgan fingerprint density at radius 3 is 2.13 bits per heavy atom. The van der Waals surface area contributed by atoms with Gasteiger partial charge in [-0.15, -0.1) is 0 Å². The van der Waals surface area contributed by atoms with Crippen LogP contribution in [0, 0.1) is 11.3 Å². The van der Waals surface area contributed by atoms with Crippen LogP contribution < -0.4 is 5.43 Å². The fourth-order valence-electron chi connectivity index (χ4n) is 1.15. The number of carboxylic acid groups (broad SMARTS) is 1. The summed E-state index contributed by atoms with van der Waals surface area (Å²) in [6, 6.07) is 0. The molecule has 2 N–H and O–H groups in total. The van der Waals surface area contributed by atoms with E-state index in [0.29, 0.717) is 0 Å². The van der Waals surface area contributed by atoms with Crippen molar-refractivity contribution in [3.8, 4) is 0 Å². The Bertz CT molecular complexity index is 251. The van der Waals surface area contributed by atoms with Gasteiger partial charge >= 0.3 is 5.97 Å². The van der Waals surface area contributed by atoms with Crippen molar-refractivity contribution in [2.24, 2.45) is 11.3 Å². The summed E-state index contributed by atoms with van der Waals surface area (Å²) in [5.74, 6) is -1.31. The number of hydrazine groups is 1. The lowest BCUT2D eigenvalue weighted by atomic mass is 9.76. The van der Waals surface area contributed by atoms with Crippen molar-refractivity contribution >= 4 is 11.9 Å². The van der Waals surface area contributed by atoms with Gasteiger partial charge in [0.1, 0.15) is 0 Å². The van der Waals surface area contributed by atoms with Gasteiger partial charge in [-0.25, -0.2) is 5.01 Å². The highest BCUT2D eigenvalue weighted by molar-refractivity contribution is 5.84. The van der Waals surface area contributed by atoms with Crippen LogP contribution in [0.15, 0.2) is 0 Å². The minimum atomic E-state index is -1.01. The maximum atomic E-state index is 11.5. The van der Waals surface area contributed by atoms with Gasteiger partial charge in [0.15, 0.2) is 0 Å². The number of nitrogens with one attached hydrogen (secondary N) is 1. The maximum absolute atomic E-state index is 11.5. The molecule has 0 fully saturated rings. The highest BCUT2D eigenvalue weighted by Crippen LogP contribution is 2.31. The fourth-order valence-corrected chi connectivity index (χ4v) is 1.15. The molecular formula is C10H20N2O3. The first-order chi connectivity index (χ1) is 6.70. The van der Waals surface area contributed by atoms with E-state index in [2.05, 4.69) is 5.43 Å². The summed E-state index contributed by atoms with van der Waals surface area (Å²) in [4.78, 5) is 22.6. The molecule has 5 heteroatoms. The Labute approximate surface area is 90.4 Å². The van der Waals surface area contributed by atoms with Crippen molar-refractivity contribution in [1.82, 2.24) is 10.4 Å². The van der Waals surface area contributed by atoms with Gasteiger partial charge < -0.3 is 5.11 Å². The third-order valence-corrected chi connectivity index (χ3v) is 2.64. The Kier molecular flexibility index (Phi) is 4.74. The molecule has 0 rings (SSSR count). The van der Waals surface area contributed by atoms with Gasteiger partial charge in [0, 0.05) is 20.5 Å². The van der Waals surface area contributed by atoms with Gasteiger partial charge in [0.2, 0.25) is 5.91 Å². The molecule has 0 heterocycles. The molecule has 0 aliphatic carbocycles. The molecule has 1 amide bonds. The van der Waals surface area contributed by atoms with Crippen LogP contribution >= 0.6 is 0 Å². The molecule has 0 aromatic carbocycles. The van der Waals surface area contributed by atoms with E-state index in [4.69, 9.17) is 5.11 Å². The second-order valence-electron chi connectivity index (χ2n) is 4.48. The van der Waals surface area contributed by atoms with Gasteiger partial charge in [0.05, 0.1) is 5.41 Å². The smallest absolute Gasteiger partial charge is 0.310 e. The maximum Gasteiger partial charge on any atom is 0.310 e. The van der Waals surface area contributed by atoms with E-state index < -0.39 is 11.4 Å². The number of rotatable bonds is 5. The molecule has 0 aliphatic heterocycles. The average molecular weight is 216 g/mol. The third kappa shape index (κ3) is 3.87. The van der Waals surface area contributed by atoms with Crippen LogP contribution in [0.1, 0.15) is 27.2 Å². The SMILES string of the molecule is CC(C)C(C)(CC(=O)NN(C)C)C(=O)O. The molecule has 88 valence electrons. The molecule has 0 saturated heterocycles. The summed E-state index contributed by atoms with van der Waals surface area (Å²) < 4.78 is 0. The second-order valence-corrected chi connectivity index (χ2v) is 4.48. The Morgan fingerprint density at radius 1 is 1.40 bits per heavy atom. The number of carbonyl (C=O) groups excluding carboxylic acids is 1. The van der Waals surface area contributed by atoms with Crippen molar-refractivity contribution in [3.63, 3.8) is 0 Å². The number of hydrogen-bond donors (Lipinski definition) is 2. The minimum Gasteiger partial charge on any atom is -0.481 e. The number of carbonyl (C=O) groups is 2. The lowest BCUT2D eigenvalue weighted by molar-refractivity contribution is -0.154. The van der Waals surface area contributed by atoms with Gasteiger partial charge in [-0.05, 0) is 12.8 Å². The van der Waals surface area contributed by atoms with E-state index in [9.17, 15) is 9.59 Å². The largest absolute Gasteiger partial charge is 0.481 e. The van der Waals surface area contributed by atoms with Crippen LogP contribution in [0.5, 0.6) is 0 Å². The zero-order chi connectivity index (χ0) is 12.2. The van der Waals surface area contributed by atoms with Crippen molar-refractivity contribution in [1.29, 1.82) is 0 Å². The molecule has 0 bridgehead atoms. The zero-order valence-corrected chi connectivity index (χ0v) is 10.00. The zero-order valence-electron chi connectivity index (χ0n) is 10.00. The van der Waals surface area contributed by atoms with Crippen LogP contribution in [0.4, 0.5) is 0 Å². The Morgan fingerprint density at radius 2 is 1.87 bits per heavy atom. The summed E-state index contributed by atoms with van der Waals surface area (Å²) in [6.45, 7) is 5.20. The topological polar surface area (TPSA) is 69.6 Å². The molecule has 0 aromatic rings. The summed E-state index contributed by atoms with van der Waals surface area (Å²) in [5, 5.41) is 10.6. The number of aliphatic carboxylic acids is 1. The number of nitrogens with zero attached hydrogens (tertiary/aromatic N) is 1. The van der Waals surface area contributed by atoms with Crippen LogP contribution in [-0.2, 0) is 9.59 Å². The van der Waals surface area contributed by atoms with Gasteiger partial charge in [-0.2, -0.15) is 0 Å². The van der Waals surface area contributed by atoms with E-state index in [-0.39, 0.29) is 18.2 Å². The fraction of sp³-hybridized carbons (Fsp3) is 0.800. The lowest BCUT2D eigenvalue weighted by Gasteiger charge is -2.28. The van der Waals surface area contributed by atoms with Crippen molar-refractivity contribution in [3.05, 3.63) is 0 Å². The highest BCUT2D eigenvalue weighted by atomic mass is 16.4. The van der Waals surface area contributed by atoms with Crippen LogP contribution in [0.25, 0.3) is 0 Å². The Hall–Kier alpha value is -1.10. The van der Waals surface area contributed by atoms with Crippen LogP contribution in [-0.4, -0.2) is 36.1 Å². The monoisotopic (exact) mass is 216 g/mol. The molecule has 0 aromatic heterocycles. The van der Waals surface area contributed by atoms with E-state index >= 15 is 0 Å². The quantitative estimate of drug-likeness (QED) is 0.664. The highest BCUT2D eigenvalue weighted by Gasteiger charge is 2.38.